The van der Waals surface area contributed by atoms with Crippen LogP contribution in [-0.4, -0.2) is 39.1 Å². The molecule has 3 amide bonds. The van der Waals surface area contributed by atoms with Crippen LogP contribution in [0.3, 0.4) is 0 Å². The van der Waals surface area contributed by atoms with Crippen LogP contribution in [0.5, 0.6) is 0 Å². The van der Waals surface area contributed by atoms with Gasteiger partial charge in [0.2, 0.25) is 5.91 Å². The molecule has 34 heavy (non-hydrogen) atoms. The Kier molecular flexibility index (Phi) is 5.66. The summed E-state index contributed by atoms with van der Waals surface area (Å²) in [5.74, 6) is -1.80. The molecule has 5 rings (SSSR count). The molecule has 0 atom stereocenters. The standard InChI is InChI=1S/C24H20N4O5S/c29-20(10-11-27-22(30)17-6-3-7-19(28(32)33)21(17)23(27)31)26-24-25-18(13-34-24)16-9-8-14-4-1-2-5-15(14)12-16/h3,6-9,12-13H,1-2,4-5,10-11H2,(H,25,26,29). The quantitative estimate of drug-likeness (QED) is 0.323. The van der Waals surface area contributed by atoms with Gasteiger partial charge < -0.3 is 5.32 Å². The molecule has 9 nitrogen and oxygen atoms in total. The third kappa shape index (κ3) is 3.96. The average Bonchev–Trinajstić information content (AvgIpc) is 3.40. The number of carbonyl (C=O) groups is 3. The predicted octanol–water partition coefficient (Wildman–Crippen LogP) is 4.22. The van der Waals surface area contributed by atoms with E-state index in [-0.39, 0.29) is 24.1 Å². The lowest BCUT2D eigenvalue weighted by Gasteiger charge is -2.16. The van der Waals surface area contributed by atoms with Gasteiger partial charge in [0, 0.05) is 30.0 Å². The van der Waals surface area contributed by atoms with Gasteiger partial charge in [-0.25, -0.2) is 4.98 Å². The van der Waals surface area contributed by atoms with Gasteiger partial charge in [-0.15, -0.1) is 11.3 Å². The van der Waals surface area contributed by atoms with Crippen LogP contribution in [0, 0.1) is 10.1 Å². The molecule has 0 bridgehead atoms. The number of nitro groups is 1. The zero-order valence-corrected chi connectivity index (χ0v) is 18.9. The maximum absolute atomic E-state index is 12.6. The van der Waals surface area contributed by atoms with E-state index in [0.29, 0.717) is 5.13 Å². The van der Waals surface area contributed by atoms with Crippen molar-refractivity contribution in [1.82, 2.24) is 9.88 Å². The van der Waals surface area contributed by atoms with Gasteiger partial charge >= 0.3 is 0 Å². The molecular formula is C24H20N4O5S. The number of imide groups is 1. The summed E-state index contributed by atoms with van der Waals surface area (Å²) in [4.78, 5) is 53.6. The minimum absolute atomic E-state index is 0.0192. The number of nitro benzene ring substituents is 1. The number of hydrogen-bond donors (Lipinski definition) is 1. The number of nitrogens with zero attached hydrogens (tertiary/aromatic N) is 3. The third-order valence-electron chi connectivity index (χ3n) is 6.13. The molecule has 1 aliphatic heterocycles. The van der Waals surface area contributed by atoms with Crippen LogP contribution in [0.1, 0.15) is 51.1 Å². The van der Waals surface area contributed by atoms with Crippen molar-refractivity contribution in [2.45, 2.75) is 32.1 Å². The molecule has 0 saturated heterocycles. The molecule has 2 aliphatic rings. The number of anilines is 1. The molecule has 172 valence electrons. The highest BCUT2D eigenvalue weighted by Gasteiger charge is 2.40. The van der Waals surface area contributed by atoms with E-state index in [9.17, 15) is 24.5 Å². The Morgan fingerprint density at radius 1 is 1.12 bits per heavy atom. The first-order valence-electron chi connectivity index (χ1n) is 10.9. The summed E-state index contributed by atoms with van der Waals surface area (Å²) >= 11 is 1.30. The number of nitrogens with one attached hydrogen (secondary N) is 1. The summed E-state index contributed by atoms with van der Waals surface area (Å²) in [7, 11) is 0. The van der Waals surface area contributed by atoms with Crippen molar-refractivity contribution in [3.63, 3.8) is 0 Å². The predicted molar refractivity (Wildman–Crippen MR) is 126 cm³/mol. The Balaban J connectivity index is 1.23. The maximum Gasteiger partial charge on any atom is 0.282 e. The number of rotatable bonds is 6. The summed E-state index contributed by atoms with van der Waals surface area (Å²) in [6.07, 6.45) is 4.44. The van der Waals surface area contributed by atoms with E-state index in [4.69, 9.17) is 0 Å². The zero-order chi connectivity index (χ0) is 23.8. The molecule has 0 spiro atoms. The van der Waals surface area contributed by atoms with Crippen LogP contribution in [0.4, 0.5) is 10.8 Å². The van der Waals surface area contributed by atoms with Crippen molar-refractivity contribution in [3.8, 4) is 11.3 Å². The molecule has 2 aromatic carbocycles. The fourth-order valence-electron chi connectivity index (χ4n) is 4.42. The molecule has 1 aromatic heterocycles. The second kappa shape index (κ2) is 8.79. The largest absolute Gasteiger partial charge is 0.302 e. The number of carbonyl (C=O) groups excluding carboxylic acids is 3. The van der Waals surface area contributed by atoms with Crippen molar-refractivity contribution < 1.29 is 19.3 Å². The van der Waals surface area contributed by atoms with Crippen LogP contribution in [0.25, 0.3) is 11.3 Å². The van der Waals surface area contributed by atoms with E-state index >= 15 is 0 Å². The zero-order valence-electron chi connectivity index (χ0n) is 18.1. The van der Waals surface area contributed by atoms with Crippen LogP contribution < -0.4 is 5.32 Å². The number of hydrogen-bond acceptors (Lipinski definition) is 7. The van der Waals surface area contributed by atoms with Crippen LogP contribution in [0.2, 0.25) is 0 Å². The van der Waals surface area contributed by atoms with Gasteiger partial charge in [0.1, 0.15) is 5.56 Å². The normalized spacial score (nSPS) is 14.6. The van der Waals surface area contributed by atoms with Gasteiger partial charge in [-0.1, -0.05) is 18.2 Å². The molecule has 0 saturated carbocycles. The lowest BCUT2D eigenvalue weighted by atomic mass is 9.90. The van der Waals surface area contributed by atoms with E-state index in [1.807, 2.05) is 11.4 Å². The molecule has 10 heteroatoms. The molecule has 3 aromatic rings. The number of fused-ring (bicyclic) bond motifs is 2. The van der Waals surface area contributed by atoms with Crippen LogP contribution in [-0.2, 0) is 17.6 Å². The molecule has 0 radical (unpaired) electrons. The van der Waals surface area contributed by atoms with Gasteiger partial charge in [-0.3, -0.25) is 29.4 Å². The van der Waals surface area contributed by atoms with Crippen molar-refractivity contribution in [2.75, 3.05) is 11.9 Å². The number of amides is 3. The fourth-order valence-corrected chi connectivity index (χ4v) is 5.16. The molecule has 1 N–H and O–H groups in total. The van der Waals surface area contributed by atoms with Crippen molar-refractivity contribution in [1.29, 1.82) is 0 Å². The van der Waals surface area contributed by atoms with Gasteiger partial charge in [0.25, 0.3) is 17.5 Å². The van der Waals surface area contributed by atoms with E-state index in [1.54, 1.807) is 0 Å². The first-order valence-corrected chi connectivity index (χ1v) is 11.8. The van der Waals surface area contributed by atoms with Crippen LogP contribution >= 0.6 is 11.3 Å². The topological polar surface area (TPSA) is 123 Å². The summed E-state index contributed by atoms with van der Waals surface area (Å²) < 4.78 is 0. The van der Waals surface area contributed by atoms with Gasteiger partial charge in [0.05, 0.1) is 16.2 Å². The second-order valence-corrected chi connectivity index (χ2v) is 9.10. The van der Waals surface area contributed by atoms with Gasteiger partial charge in [-0.2, -0.15) is 0 Å². The highest BCUT2D eigenvalue weighted by atomic mass is 32.1. The number of thiazole rings is 1. The van der Waals surface area contributed by atoms with Gasteiger partial charge in [-0.05, 0) is 48.9 Å². The Labute approximate surface area is 198 Å². The lowest BCUT2D eigenvalue weighted by Crippen LogP contribution is -2.33. The van der Waals surface area contributed by atoms with E-state index in [2.05, 4.69) is 22.4 Å². The summed E-state index contributed by atoms with van der Waals surface area (Å²) in [5.41, 5.74) is 3.86. The third-order valence-corrected chi connectivity index (χ3v) is 6.89. The lowest BCUT2D eigenvalue weighted by molar-refractivity contribution is -0.385. The molecule has 1 aliphatic carbocycles. The van der Waals surface area contributed by atoms with E-state index in [1.165, 1.54) is 53.5 Å². The highest BCUT2D eigenvalue weighted by molar-refractivity contribution is 7.14. The summed E-state index contributed by atoms with van der Waals surface area (Å²) in [6.45, 7) is -0.182. The molecule has 0 unspecified atom stereocenters. The molecule has 0 fully saturated rings. The maximum atomic E-state index is 12.6. The minimum Gasteiger partial charge on any atom is -0.302 e. The Hall–Kier alpha value is -3.92. The number of aromatic nitrogens is 1. The first-order chi connectivity index (χ1) is 16.4. The highest BCUT2D eigenvalue weighted by Crippen LogP contribution is 2.32. The minimum atomic E-state index is -0.760. The Morgan fingerprint density at radius 2 is 1.91 bits per heavy atom. The van der Waals surface area contributed by atoms with Crippen molar-refractivity contribution in [2.24, 2.45) is 0 Å². The van der Waals surface area contributed by atoms with E-state index < -0.39 is 28.3 Å². The molecule has 2 heterocycles. The average molecular weight is 477 g/mol. The summed E-state index contributed by atoms with van der Waals surface area (Å²) in [6, 6.07) is 10.3. The summed E-state index contributed by atoms with van der Waals surface area (Å²) in [5, 5.41) is 16.2. The fraction of sp³-hybridized carbons (Fsp3) is 0.250. The monoisotopic (exact) mass is 476 g/mol. The first kappa shape index (κ1) is 21.9. The van der Waals surface area contributed by atoms with Crippen molar-refractivity contribution in [3.05, 3.63) is 74.1 Å². The SMILES string of the molecule is O=C(CCN1C(=O)c2cccc([N+](=O)[O-])c2C1=O)Nc1nc(-c2ccc3c(c2)CCCC3)cs1. The van der Waals surface area contributed by atoms with E-state index in [0.717, 1.165) is 29.0 Å². The Morgan fingerprint density at radius 3 is 2.71 bits per heavy atom. The van der Waals surface area contributed by atoms with Crippen LogP contribution in [0.15, 0.2) is 41.8 Å². The number of aryl methyl sites for hydroxylation is 2. The number of benzene rings is 2. The van der Waals surface area contributed by atoms with Gasteiger partial charge in [0.15, 0.2) is 5.13 Å². The Bertz CT molecular complexity index is 1350. The second-order valence-electron chi connectivity index (χ2n) is 8.25. The molecular weight excluding hydrogens is 456 g/mol. The smallest absolute Gasteiger partial charge is 0.282 e. The van der Waals surface area contributed by atoms with Crippen molar-refractivity contribution >= 4 is 39.9 Å².